The van der Waals surface area contributed by atoms with Crippen molar-refractivity contribution in [2.24, 2.45) is 4.99 Å². The van der Waals surface area contributed by atoms with Crippen molar-refractivity contribution in [2.75, 3.05) is 32.5 Å². The van der Waals surface area contributed by atoms with Crippen molar-refractivity contribution in [3.05, 3.63) is 88.2 Å². The van der Waals surface area contributed by atoms with Crippen LogP contribution in [0.15, 0.2) is 64.9 Å². The van der Waals surface area contributed by atoms with E-state index in [1.807, 2.05) is 32.0 Å². The van der Waals surface area contributed by atoms with Crippen molar-refractivity contribution in [3.63, 3.8) is 0 Å². The minimum atomic E-state index is -0.884. The van der Waals surface area contributed by atoms with Gasteiger partial charge < -0.3 is 16.0 Å². The maximum atomic E-state index is 14.9. The van der Waals surface area contributed by atoms with E-state index in [2.05, 4.69) is 32.5 Å². The molecule has 2 heterocycles. The molecule has 0 radical (unpaired) electrons. The third-order valence-electron chi connectivity index (χ3n) is 6.12. The van der Waals surface area contributed by atoms with Crippen LogP contribution in [0.1, 0.15) is 18.1 Å². The number of nitrogens with one attached hydrogen (secondary N) is 3. The number of hydrogen-bond acceptors (Lipinski definition) is 6. The first-order valence-corrected chi connectivity index (χ1v) is 12.1. The molecule has 0 spiro atoms. The second-order valence-corrected chi connectivity index (χ2v) is 8.52. The van der Waals surface area contributed by atoms with Gasteiger partial charge in [0.2, 0.25) is 5.95 Å². The zero-order valence-corrected chi connectivity index (χ0v) is 21.7. The van der Waals surface area contributed by atoms with E-state index in [0.29, 0.717) is 23.5 Å². The van der Waals surface area contributed by atoms with Gasteiger partial charge in [-0.1, -0.05) is 24.8 Å². The van der Waals surface area contributed by atoms with Gasteiger partial charge in [0.15, 0.2) is 5.65 Å². The minimum Gasteiger partial charge on any atom is -0.385 e. The smallest absolute Gasteiger partial charge is 0.256 e. The summed E-state index contributed by atoms with van der Waals surface area (Å²) < 4.78 is 30.7. The van der Waals surface area contributed by atoms with Crippen molar-refractivity contribution in [1.29, 1.82) is 0 Å². The Balaban J connectivity index is 2.05. The maximum Gasteiger partial charge on any atom is 0.256 e. The summed E-state index contributed by atoms with van der Waals surface area (Å²) in [5.74, 6) is -0.966. The van der Waals surface area contributed by atoms with Crippen molar-refractivity contribution >= 4 is 28.5 Å². The summed E-state index contributed by atoms with van der Waals surface area (Å²) in [7, 11) is 3.38. The van der Waals surface area contributed by atoms with Crippen LogP contribution in [0.25, 0.3) is 33.7 Å². The molecule has 0 amide bonds. The normalized spacial score (nSPS) is 11.5. The zero-order chi connectivity index (χ0) is 27.4. The first-order chi connectivity index (χ1) is 18.3. The summed E-state index contributed by atoms with van der Waals surface area (Å²) in [6.45, 7) is 9.00. The van der Waals surface area contributed by atoms with Crippen LogP contribution in [0.3, 0.4) is 0 Å². The first kappa shape index (κ1) is 26.5. The van der Waals surface area contributed by atoms with Gasteiger partial charge in [0, 0.05) is 43.4 Å². The monoisotopic (exact) mass is 517 g/mol. The number of rotatable bonds is 8. The summed E-state index contributed by atoms with van der Waals surface area (Å²) in [5, 5.41) is 9.74. The Morgan fingerprint density at radius 3 is 2.50 bits per heavy atom. The number of amidine groups is 1. The molecule has 10 heteroatoms. The number of benzene rings is 2. The highest BCUT2D eigenvalue weighted by atomic mass is 19.1. The molecule has 38 heavy (non-hydrogen) atoms. The number of aryl methyl sites for hydroxylation is 1. The summed E-state index contributed by atoms with van der Waals surface area (Å²) in [6, 6.07) is 12.1. The van der Waals surface area contributed by atoms with Gasteiger partial charge in [-0.3, -0.25) is 14.4 Å². The van der Waals surface area contributed by atoms with Crippen LogP contribution in [0.5, 0.6) is 0 Å². The SMILES string of the molecule is C=C(NCC)c1ccc(C)c(-c2nc(NCC(=NC)NC)nc3c2ccc(=O)n3-c2c(F)cccc2F)c1. The lowest BCUT2D eigenvalue weighted by atomic mass is 9.98. The molecule has 0 fully saturated rings. The number of halogens is 2. The molecule has 0 atom stereocenters. The minimum absolute atomic E-state index is 0.0590. The Morgan fingerprint density at radius 1 is 1.11 bits per heavy atom. The Hall–Kier alpha value is -4.60. The van der Waals surface area contributed by atoms with Crippen LogP contribution in [-0.2, 0) is 0 Å². The second-order valence-electron chi connectivity index (χ2n) is 8.52. The molecule has 4 aromatic rings. The number of aromatic nitrogens is 3. The molecule has 0 aliphatic heterocycles. The van der Waals surface area contributed by atoms with Crippen molar-refractivity contribution in [1.82, 2.24) is 25.2 Å². The highest BCUT2D eigenvalue weighted by Crippen LogP contribution is 2.32. The standard InChI is InChI=1S/C28H29F2N7O/c1-6-33-17(3)18-11-10-16(2)20(14-18)25-19-12-13-24(38)37(26-21(29)8-7-9-22(26)30)27(19)36-28(35-25)34-15-23(31-4)32-5/h7-14,33H,3,6,15H2,1-2,4-5H3,(H,31,32)(H,34,35,36). The van der Waals surface area contributed by atoms with Crippen molar-refractivity contribution in [2.45, 2.75) is 13.8 Å². The fraction of sp³-hybridized carbons (Fsp3) is 0.214. The lowest BCUT2D eigenvalue weighted by Gasteiger charge is -2.17. The predicted octanol–water partition coefficient (Wildman–Crippen LogP) is 4.27. The molecule has 0 aliphatic carbocycles. The van der Waals surface area contributed by atoms with Gasteiger partial charge in [0.1, 0.15) is 23.2 Å². The van der Waals surface area contributed by atoms with Crippen molar-refractivity contribution < 1.29 is 8.78 Å². The van der Waals surface area contributed by atoms with Gasteiger partial charge in [0.25, 0.3) is 5.56 Å². The van der Waals surface area contributed by atoms with Crippen LogP contribution in [-0.4, -0.2) is 47.6 Å². The lowest BCUT2D eigenvalue weighted by molar-refractivity contribution is 0.568. The molecule has 4 rings (SSSR count). The third-order valence-corrected chi connectivity index (χ3v) is 6.12. The van der Waals surface area contributed by atoms with Crippen LogP contribution in [0.2, 0.25) is 0 Å². The van der Waals surface area contributed by atoms with Gasteiger partial charge in [-0.25, -0.2) is 13.8 Å². The molecule has 8 nitrogen and oxygen atoms in total. The number of anilines is 1. The zero-order valence-electron chi connectivity index (χ0n) is 21.7. The summed E-state index contributed by atoms with van der Waals surface area (Å²) >= 11 is 0. The lowest BCUT2D eigenvalue weighted by Crippen LogP contribution is -2.27. The van der Waals surface area contributed by atoms with Crippen LogP contribution in [0, 0.1) is 18.6 Å². The number of nitrogens with zero attached hydrogens (tertiary/aromatic N) is 4. The predicted molar refractivity (Wildman–Crippen MR) is 149 cm³/mol. The summed E-state index contributed by atoms with van der Waals surface area (Å²) in [4.78, 5) is 26.5. The molecule has 2 aromatic carbocycles. The number of para-hydroxylation sites is 1. The molecule has 2 aromatic heterocycles. The number of pyridine rings is 1. The number of likely N-dealkylation sites (N-methyl/N-ethyl adjacent to an activating group) is 1. The van der Waals surface area contributed by atoms with E-state index >= 15 is 0 Å². The molecule has 0 bridgehead atoms. The molecule has 3 N–H and O–H groups in total. The molecular formula is C28H29F2N7O. The quantitative estimate of drug-likeness (QED) is 0.239. The van der Waals surface area contributed by atoms with E-state index in [1.165, 1.54) is 12.1 Å². The molecule has 196 valence electrons. The Bertz CT molecular complexity index is 1590. The largest absolute Gasteiger partial charge is 0.385 e. The van der Waals surface area contributed by atoms with E-state index in [-0.39, 0.29) is 18.1 Å². The van der Waals surface area contributed by atoms with E-state index in [0.717, 1.165) is 39.1 Å². The van der Waals surface area contributed by atoms with Crippen LogP contribution in [0.4, 0.5) is 14.7 Å². The molecule has 0 unspecified atom stereocenters. The van der Waals surface area contributed by atoms with E-state index in [9.17, 15) is 13.6 Å². The first-order valence-electron chi connectivity index (χ1n) is 12.1. The Kier molecular flexibility index (Phi) is 7.80. The van der Waals surface area contributed by atoms with Gasteiger partial charge in [-0.2, -0.15) is 4.98 Å². The molecular weight excluding hydrogens is 488 g/mol. The highest BCUT2D eigenvalue weighted by molar-refractivity contribution is 5.94. The average Bonchev–Trinajstić information content (AvgIpc) is 2.90. The fourth-order valence-corrected chi connectivity index (χ4v) is 4.14. The van der Waals surface area contributed by atoms with Gasteiger partial charge >= 0.3 is 0 Å². The molecule has 0 saturated carbocycles. The third kappa shape index (κ3) is 5.10. The molecule has 0 aliphatic rings. The van der Waals surface area contributed by atoms with Crippen molar-refractivity contribution in [3.8, 4) is 16.9 Å². The highest BCUT2D eigenvalue weighted by Gasteiger charge is 2.20. The fourth-order valence-electron chi connectivity index (χ4n) is 4.14. The number of fused-ring (bicyclic) bond motifs is 1. The molecule has 0 saturated heterocycles. The Labute approximate surface area is 219 Å². The number of hydrogen-bond donors (Lipinski definition) is 3. The summed E-state index contributed by atoms with van der Waals surface area (Å²) in [6.07, 6.45) is 0. The average molecular weight is 518 g/mol. The van der Waals surface area contributed by atoms with E-state index in [4.69, 9.17) is 4.98 Å². The van der Waals surface area contributed by atoms with Gasteiger partial charge in [-0.15, -0.1) is 0 Å². The van der Waals surface area contributed by atoms with Gasteiger partial charge in [0.05, 0.1) is 12.2 Å². The van der Waals surface area contributed by atoms with Crippen LogP contribution < -0.4 is 21.5 Å². The van der Waals surface area contributed by atoms with E-state index < -0.39 is 22.9 Å². The second kappa shape index (κ2) is 11.2. The Morgan fingerprint density at radius 2 is 1.84 bits per heavy atom. The maximum absolute atomic E-state index is 14.9. The topological polar surface area (TPSA) is 96.2 Å². The number of aliphatic imine (C=N–C) groups is 1. The van der Waals surface area contributed by atoms with Crippen LogP contribution >= 0.6 is 0 Å². The summed E-state index contributed by atoms with van der Waals surface area (Å²) in [5.41, 5.74) is 2.69. The van der Waals surface area contributed by atoms with E-state index in [1.54, 1.807) is 20.2 Å². The van der Waals surface area contributed by atoms with Gasteiger partial charge in [-0.05, 0) is 49.2 Å².